The molecule has 2 aliphatic rings. The molecule has 3 rings (SSSR count). The largest absolute Gasteiger partial charge is 0.359 e. The summed E-state index contributed by atoms with van der Waals surface area (Å²) < 4.78 is 0. The highest BCUT2D eigenvalue weighted by Crippen LogP contribution is 2.31. The molecule has 4 heteroatoms. The third-order valence-corrected chi connectivity index (χ3v) is 5.05. The van der Waals surface area contributed by atoms with Crippen LogP contribution in [-0.2, 0) is 11.2 Å². The number of carbonyl (C=O) groups is 1. The highest BCUT2D eigenvalue weighted by Gasteiger charge is 2.36. The summed E-state index contributed by atoms with van der Waals surface area (Å²) in [6.45, 7) is 2.80. The molecule has 1 amide bonds. The van der Waals surface area contributed by atoms with Gasteiger partial charge in [-0.25, -0.2) is 0 Å². The van der Waals surface area contributed by atoms with Crippen LogP contribution in [0.5, 0.6) is 0 Å². The minimum atomic E-state index is -0.650. The fraction of sp³-hybridized carbons (Fsp3) is 0.556. The van der Waals surface area contributed by atoms with E-state index in [-0.39, 0.29) is 11.9 Å². The molecular formula is C18H23N3O. The van der Waals surface area contributed by atoms with E-state index in [0.717, 1.165) is 50.8 Å². The van der Waals surface area contributed by atoms with Crippen molar-refractivity contribution in [3.05, 3.63) is 29.8 Å². The Bertz CT molecular complexity index is 599. The van der Waals surface area contributed by atoms with Crippen LogP contribution >= 0.6 is 0 Å². The quantitative estimate of drug-likeness (QED) is 0.933. The maximum Gasteiger partial charge on any atom is 0.243 e. The molecule has 1 saturated carbocycles. The number of nitrogens with one attached hydrogen (secondary N) is 1. The summed E-state index contributed by atoms with van der Waals surface area (Å²) in [5.74, 6) is -0.0276. The standard InChI is InChI=1S/C18H23N3O/c1-14(21-12-9-15-7-3-4-8-16(15)21)17(22)20-18(13-19)10-5-2-6-11-18/h3-4,7-8,14H,2,5-6,9-12H2,1H3,(H,20,22)/t14-/m0/s1. The Kier molecular flexibility index (Phi) is 4.06. The van der Waals surface area contributed by atoms with Crippen molar-refractivity contribution in [1.29, 1.82) is 5.26 Å². The Morgan fingerprint density at radius 1 is 1.32 bits per heavy atom. The number of rotatable bonds is 3. The van der Waals surface area contributed by atoms with E-state index in [2.05, 4.69) is 28.4 Å². The predicted octanol–water partition coefficient (Wildman–Crippen LogP) is 2.78. The number of nitrogens with zero attached hydrogens (tertiary/aromatic N) is 2. The second-order valence-electron chi connectivity index (χ2n) is 6.49. The van der Waals surface area contributed by atoms with Crippen molar-refractivity contribution in [3.63, 3.8) is 0 Å². The van der Waals surface area contributed by atoms with Crippen molar-refractivity contribution in [1.82, 2.24) is 5.32 Å². The van der Waals surface area contributed by atoms with E-state index in [4.69, 9.17) is 0 Å². The van der Waals surface area contributed by atoms with Crippen molar-refractivity contribution in [2.75, 3.05) is 11.4 Å². The van der Waals surface area contributed by atoms with Crippen LogP contribution in [0, 0.1) is 11.3 Å². The molecule has 0 saturated heterocycles. The zero-order valence-electron chi connectivity index (χ0n) is 13.1. The lowest BCUT2D eigenvalue weighted by Gasteiger charge is -2.34. The fourth-order valence-electron chi connectivity index (χ4n) is 3.67. The van der Waals surface area contributed by atoms with Crippen LogP contribution in [0.4, 0.5) is 5.69 Å². The van der Waals surface area contributed by atoms with Crippen LogP contribution in [0.2, 0.25) is 0 Å². The van der Waals surface area contributed by atoms with Crippen LogP contribution in [0.15, 0.2) is 24.3 Å². The minimum absolute atomic E-state index is 0.0276. The summed E-state index contributed by atoms with van der Waals surface area (Å²) in [6, 6.07) is 10.4. The lowest BCUT2D eigenvalue weighted by atomic mass is 9.82. The molecule has 0 aromatic heterocycles. The first-order chi connectivity index (χ1) is 10.7. The molecule has 22 heavy (non-hydrogen) atoms. The Hall–Kier alpha value is -2.02. The molecule has 0 radical (unpaired) electrons. The summed E-state index contributed by atoms with van der Waals surface area (Å²) in [5, 5.41) is 12.6. The van der Waals surface area contributed by atoms with Gasteiger partial charge in [0.05, 0.1) is 6.07 Å². The van der Waals surface area contributed by atoms with Crippen molar-refractivity contribution in [3.8, 4) is 6.07 Å². The Labute approximate surface area is 132 Å². The van der Waals surface area contributed by atoms with Crippen molar-refractivity contribution < 1.29 is 4.79 Å². The number of anilines is 1. The molecule has 0 bridgehead atoms. The zero-order chi connectivity index (χ0) is 15.6. The van der Waals surface area contributed by atoms with Crippen molar-refractivity contribution >= 4 is 11.6 Å². The molecule has 0 spiro atoms. The summed E-state index contributed by atoms with van der Waals surface area (Å²) in [6.07, 6.45) is 5.74. The lowest BCUT2D eigenvalue weighted by Crippen LogP contribution is -2.54. The van der Waals surface area contributed by atoms with Crippen LogP contribution < -0.4 is 10.2 Å². The van der Waals surface area contributed by atoms with Gasteiger partial charge in [-0.1, -0.05) is 37.5 Å². The van der Waals surface area contributed by atoms with E-state index in [9.17, 15) is 10.1 Å². The third kappa shape index (κ3) is 2.68. The molecule has 1 aromatic carbocycles. The van der Waals surface area contributed by atoms with E-state index in [1.165, 1.54) is 5.56 Å². The van der Waals surface area contributed by atoms with Crippen molar-refractivity contribution in [2.24, 2.45) is 0 Å². The van der Waals surface area contributed by atoms with Gasteiger partial charge in [-0.2, -0.15) is 5.26 Å². The highest BCUT2D eigenvalue weighted by atomic mass is 16.2. The second-order valence-corrected chi connectivity index (χ2v) is 6.49. The molecule has 1 aliphatic heterocycles. The number of amides is 1. The molecule has 1 N–H and O–H groups in total. The number of fused-ring (bicyclic) bond motifs is 1. The average Bonchev–Trinajstić information content (AvgIpc) is 2.99. The van der Waals surface area contributed by atoms with Gasteiger partial charge in [0.25, 0.3) is 0 Å². The fourth-order valence-corrected chi connectivity index (χ4v) is 3.67. The summed E-state index contributed by atoms with van der Waals surface area (Å²) in [5.41, 5.74) is 1.80. The van der Waals surface area contributed by atoms with Gasteiger partial charge in [-0.15, -0.1) is 0 Å². The molecular weight excluding hydrogens is 274 g/mol. The summed E-state index contributed by atoms with van der Waals surface area (Å²) in [7, 11) is 0. The van der Waals surface area contributed by atoms with E-state index >= 15 is 0 Å². The Morgan fingerprint density at radius 2 is 2.05 bits per heavy atom. The van der Waals surface area contributed by atoms with Crippen LogP contribution in [0.1, 0.15) is 44.6 Å². The molecule has 1 aliphatic carbocycles. The number of para-hydroxylation sites is 1. The van der Waals surface area contributed by atoms with Gasteiger partial charge in [0.2, 0.25) is 5.91 Å². The first-order valence-corrected chi connectivity index (χ1v) is 8.23. The smallest absolute Gasteiger partial charge is 0.243 e. The van der Waals surface area contributed by atoms with Crippen molar-refractivity contribution in [2.45, 2.75) is 57.0 Å². The normalized spacial score (nSPS) is 20.8. The van der Waals surface area contributed by atoms with E-state index in [1.54, 1.807) is 0 Å². The van der Waals surface area contributed by atoms with Crippen LogP contribution in [-0.4, -0.2) is 24.0 Å². The first-order valence-electron chi connectivity index (χ1n) is 8.23. The molecule has 1 heterocycles. The second kappa shape index (κ2) is 6.00. The number of hydrogen-bond donors (Lipinski definition) is 1. The van der Waals surface area contributed by atoms with Gasteiger partial charge in [-0.05, 0) is 37.8 Å². The zero-order valence-corrected chi connectivity index (χ0v) is 13.1. The maximum atomic E-state index is 12.7. The first kappa shape index (κ1) is 14.9. The van der Waals surface area contributed by atoms with Gasteiger partial charge in [0, 0.05) is 12.2 Å². The Morgan fingerprint density at radius 3 is 2.77 bits per heavy atom. The summed E-state index contributed by atoms with van der Waals surface area (Å²) in [4.78, 5) is 14.8. The maximum absolute atomic E-state index is 12.7. The number of carbonyl (C=O) groups excluding carboxylic acids is 1. The number of hydrogen-bond acceptors (Lipinski definition) is 3. The average molecular weight is 297 g/mol. The number of nitriles is 1. The van der Waals surface area contributed by atoms with Crippen LogP contribution in [0.25, 0.3) is 0 Å². The van der Waals surface area contributed by atoms with Gasteiger partial charge in [0.15, 0.2) is 0 Å². The van der Waals surface area contributed by atoms with Gasteiger partial charge in [-0.3, -0.25) is 4.79 Å². The van der Waals surface area contributed by atoms with Gasteiger partial charge in [0.1, 0.15) is 11.6 Å². The summed E-state index contributed by atoms with van der Waals surface area (Å²) >= 11 is 0. The topological polar surface area (TPSA) is 56.1 Å². The third-order valence-electron chi connectivity index (χ3n) is 5.05. The highest BCUT2D eigenvalue weighted by molar-refractivity contribution is 5.86. The minimum Gasteiger partial charge on any atom is -0.359 e. The number of benzene rings is 1. The predicted molar refractivity (Wildman–Crippen MR) is 86.5 cm³/mol. The van der Waals surface area contributed by atoms with Gasteiger partial charge < -0.3 is 10.2 Å². The monoisotopic (exact) mass is 297 g/mol. The van der Waals surface area contributed by atoms with E-state index < -0.39 is 5.54 Å². The molecule has 1 aromatic rings. The van der Waals surface area contributed by atoms with Gasteiger partial charge >= 0.3 is 0 Å². The molecule has 4 nitrogen and oxygen atoms in total. The molecule has 116 valence electrons. The lowest BCUT2D eigenvalue weighted by molar-refractivity contribution is -0.123. The molecule has 1 atom stereocenters. The molecule has 1 fully saturated rings. The van der Waals surface area contributed by atoms with E-state index in [0.29, 0.717) is 0 Å². The Balaban J connectivity index is 1.72. The SMILES string of the molecule is C[C@@H](C(=O)NC1(C#N)CCCCC1)N1CCc2ccccc21. The van der Waals surface area contributed by atoms with Crippen LogP contribution in [0.3, 0.4) is 0 Å². The molecule has 0 unspecified atom stereocenters. The van der Waals surface area contributed by atoms with E-state index in [1.807, 2.05) is 19.1 Å².